The number of nitrogens with two attached hydrogens (primary N) is 1. The predicted molar refractivity (Wildman–Crippen MR) is 61.4 cm³/mol. The highest BCUT2D eigenvalue weighted by molar-refractivity contribution is 5.85. The first-order valence-electron chi connectivity index (χ1n) is 3.39. The summed E-state index contributed by atoms with van der Waals surface area (Å²) in [5.41, 5.74) is 7.26. The van der Waals surface area contributed by atoms with Crippen LogP contribution in [0.4, 0.5) is 11.4 Å². The highest BCUT2D eigenvalue weighted by atomic mass is 35.5. The molecule has 0 amide bonds. The average Bonchev–Trinajstić information content (AvgIpc) is 2.05. The zero-order chi connectivity index (χ0) is 8.27. The molecule has 1 aromatic rings. The van der Waals surface area contributed by atoms with Gasteiger partial charge in [-0.3, -0.25) is 0 Å². The van der Waals surface area contributed by atoms with Crippen molar-refractivity contribution >= 4 is 36.2 Å². The fourth-order valence-corrected chi connectivity index (χ4v) is 0.879. The highest BCUT2D eigenvalue weighted by Gasteiger charge is 1.97. The molecule has 0 aromatic heterocycles. The summed E-state index contributed by atoms with van der Waals surface area (Å²) >= 11 is 0. The molecule has 0 bridgehead atoms. The van der Waals surface area contributed by atoms with Gasteiger partial charge in [0.05, 0.1) is 18.5 Å². The van der Waals surface area contributed by atoms with Gasteiger partial charge >= 0.3 is 0 Å². The summed E-state index contributed by atoms with van der Waals surface area (Å²) in [5, 5.41) is 2.96. The van der Waals surface area contributed by atoms with Crippen LogP contribution < -0.4 is 15.8 Å². The fraction of sp³-hybridized carbons (Fsp3) is 0.250. The maximum Gasteiger partial charge on any atom is 0.121 e. The van der Waals surface area contributed by atoms with Crippen molar-refractivity contribution in [3.05, 3.63) is 18.2 Å². The van der Waals surface area contributed by atoms with Crippen LogP contribution in [0.3, 0.4) is 0 Å². The maximum atomic E-state index is 5.64. The minimum absolute atomic E-state index is 0. The first-order chi connectivity index (χ1) is 5.27. The molecule has 3 nitrogen and oxygen atoms in total. The van der Waals surface area contributed by atoms with Gasteiger partial charge in [0.2, 0.25) is 0 Å². The number of nitrogen functional groups attached to an aromatic ring is 1. The second kappa shape index (κ2) is 6.69. The van der Waals surface area contributed by atoms with E-state index < -0.39 is 0 Å². The van der Waals surface area contributed by atoms with Gasteiger partial charge in [-0.2, -0.15) is 0 Å². The quantitative estimate of drug-likeness (QED) is 0.758. The molecule has 3 N–H and O–H groups in total. The smallest absolute Gasteiger partial charge is 0.121 e. The van der Waals surface area contributed by atoms with E-state index in [1.54, 1.807) is 7.11 Å². The predicted octanol–water partition coefficient (Wildman–Crippen LogP) is 2.16. The molecule has 76 valence electrons. The van der Waals surface area contributed by atoms with Gasteiger partial charge in [0.15, 0.2) is 0 Å². The third kappa shape index (κ3) is 3.61. The Morgan fingerprint density at radius 3 is 2.38 bits per heavy atom. The second-order valence-electron chi connectivity index (χ2n) is 2.20. The Bertz CT molecular complexity index is 256. The lowest BCUT2D eigenvalue weighted by molar-refractivity contribution is 0.415. The van der Waals surface area contributed by atoms with Gasteiger partial charge in [-0.1, -0.05) is 0 Å². The number of anilines is 2. The Morgan fingerprint density at radius 1 is 1.31 bits per heavy atom. The number of ether oxygens (including phenoxy) is 1. The Morgan fingerprint density at radius 2 is 1.92 bits per heavy atom. The van der Waals surface area contributed by atoms with Crippen LogP contribution in [0, 0.1) is 0 Å². The van der Waals surface area contributed by atoms with Crippen molar-refractivity contribution in [2.45, 2.75) is 0 Å². The third-order valence-corrected chi connectivity index (χ3v) is 1.53. The van der Waals surface area contributed by atoms with E-state index in [4.69, 9.17) is 10.5 Å². The minimum atomic E-state index is 0. The molecule has 0 spiro atoms. The number of halogens is 2. The van der Waals surface area contributed by atoms with Crippen molar-refractivity contribution < 1.29 is 4.74 Å². The van der Waals surface area contributed by atoms with E-state index >= 15 is 0 Å². The van der Waals surface area contributed by atoms with E-state index in [9.17, 15) is 0 Å². The van der Waals surface area contributed by atoms with Gasteiger partial charge < -0.3 is 15.8 Å². The van der Waals surface area contributed by atoms with Crippen LogP contribution in [0.5, 0.6) is 5.75 Å². The van der Waals surface area contributed by atoms with Crippen LogP contribution >= 0.6 is 24.8 Å². The summed E-state index contributed by atoms with van der Waals surface area (Å²) in [7, 11) is 3.45. The third-order valence-electron chi connectivity index (χ3n) is 1.53. The summed E-state index contributed by atoms with van der Waals surface area (Å²) in [6.07, 6.45) is 0. The summed E-state index contributed by atoms with van der Waals surface area (Å²) in [5.74, 6) is 0.809. The lowest BCUT2D eigenvalue weighted by Gasteiger charge is -2.06. The number of rotatable bonds is 2. The van der Waals surface area contributed by atoms with E-state index in [1.165, 1.54) is 0 Å². The van der Waals surface area contributed by atoms with Gasteiger partial charge in [-0.15, -0.1) is 24.8 Å². The van der Waals surface area contributed by atoms with Crippen molar-refractivity contribution in [1.82, 2.24) is 0 Å². The number of hydrogen-bond donors (Lipinski definition) is 2. The number of nitrogens with one attached hydrogen (secondary N) is 1. The van der Waals surface area contributed by atoms with Crippen molar-refractivity contribution in [3.63, 3.8) is 0 Å². The molecule has 5 heteroatoms. The standard InChI is InChI=1S/C8H12N2O.2ClH/c1-10-8-5-6(11-2)3-4-7(8)9;;/h3-5,10H,9H2,1-2H3;2*1H. The zero-order valence-electron chi connectivity index (χ0n) is 7.53. The Hall–Kier alpha value is -0.800. The van der Waals surface area contributed by atoms with Crippen molar-refractivity contribution in [3.8, 4) is 5.75 Å². The Kier molecular flexibility index (Phi) is 7.57. The molecule has 0 aliphatic heterocycles. The number of hydrogen-bond acceptors (Lipinski definition) is 3. The van der Waals surface area contributed by atoms with Crippen LogP contribution in [0.15, 0.2) is 18.2 Å². The number of methoxy groups -OCH3 is 1. The molecule has 1 aromatic carbocycles. The molecule has 0 atom stereocenters. The maximum absolute atomic E-state index is 5.64. The highest BCUT2D eigenvalue weighted by Crippen LogP contribution is 2.23. The molecule has 0 aliphatic carbocycles. The van der Waals surface area contributed by atoms with Crippen molar-refractivity contribution in [1.29, 1.82) is 0 Å². The van der Waals surface area contributed by atoms with Crippen LogP contribution in [-0.2, 0) is 0 Å². The molecule has 0 aliphatic rings. The first kappa shape index (κ1) is 14.7. The van der Waals surface area contributed by atoms with Crippen LogP contribution in [0.25, 0.3) is 0 Å². The van der Waals surface area contributed by atoms with Crippen molar-refractivity contribution in [2.75, 3.05) is 25.2 Å². The molecule has 0 fully saturated rings. The van der Waals surface area contributed by atoms with E-state index in [0.29, 0.717) is 0 Å². The normalized spacial score (nSPS) is 7.85. The van der Waals surface area contributed by atoms with E-state index in [0.717, 1.165) is 17.1 Å². The van der Waals surface area contributed by atoms with Crippen LogP contribution in [0.1, 0.15) is 0 Å². The van der Waals surface area contributed by atoms with Gasteiger partial charge in [-0.05, 0) is 12.1 Å². The molecule has 13 heavy (non-hydrogen) atoms. The topological polar surface area (TPSA) is 47.3 Å². The van der Waals surface area contributed by atoms with Crippen molar-refractivity contribution in [2.24, 2.45) is 0 Å². The summed E-state index contributed by atoms with van der Waals surface area (Å²) in [6.45, 7) is 0. The zero-order valence-corrected chi connectivity index (χ0v) is 9.17. The molecule has 0 saturated heterocycles. The fourth-order valence-electron chi connectivity index (χ4n) is 0.879. The second-order valence-corrected chi connectivity index (χ2v) is 2.20. The molecular formula is C8H14Cl2N2O. The minimum Gasteiger partial charge on any atom is -0.497 e. The molecule has 1 rings (SSSR count). The first-order valence-corrected chi connectivity index (χ1v) is 3.39. The van der Waals surface area contributed by atoms with Gasteiger partial charge in [0.25, 0.3) is 0 Å². The molecule has 0 saturated carbocycles. The SMILES string of the molecule is CNc1cc(OC)ccc1N.Cl.Cl. The van der Waals surface area contributed by atoms with Gasteiger partial charge in [0.1, 0.15) is 5.75 Å². The molecule has 0 unspecified atom stereocenters. The van der Waals surface area contributed by atoms with Crippen LogP contribution in [0.2, 0.25) is 0 Å². The average molecular weight is 225 g/mol. The van der Waals surface area contributed by atoms with E-state index in [1.807, 2.05) is 25.2 Å². The van der Waals surface area contributed by atoms with Gasteiger partial charge in [0, 0.05) is 13.1 Å². The monoisotopic (exact) mass is 224 g/mol. The van der Waals surface area contributed by atoms with Crippen LogP contribution in [-0.4, -0.2) is 14.2 Å². The summed E-state index contributed by atoms with van der Waals surface area (Å²) in [4.78, 5) is 0. The summed E-state index contributed by atoms with van der Waals surface area (Å²) in [6, 6.07) is 5.50. The molecule has 0 heterocycles. The Balaban J connectivity index is 0. The van der Waals surface area contributed by atoms with E-state index in [2.05, 4.69) is 5.32 Å². The summed E-state index contributed by atoms with van der Waals surface area (Å²) < 4.78 is 5.02. The molecular weight excluding hydrogens is 211 g/mol. The largest absolute Gasteiger partial charge is 0.497 e. The molecule has 0 radical (unpaired) electrons. The van der Waals surface area contributed by atoms with Gasteiger partial charge in [-0.25, -0.2) is 0 Å². The lowest BCUT2D eigenvalue weighted by atomic mass is 10.2. The Labute approximate surface area is 90.5 Å². The lowest BCUT2D eigenvalue weighted by Crippen LogP contribution is -1.95. The number of benzene rings is 1. The van der Waals surface area contributed by atoms with E-state index in [-0.39, 0.29) is 24.8 Å².